The van der Waals surface area contributed by atoms with Crippen LogP contribution in [0.15, 0.2) is 58.3 Å². The molecule has 0 aliphatic carbocycles. The average molecular weight is 397 g/mol. The van der Waals surface area contributed by atoms with Gasteiger partial charge in [0.25, 0.3) is 11.7 Å². The lowest BCUT2D eigenvalue weighted by molar-refractivity contribution is -0.139. The van der Waals surface area contributed by atoms with Gasteiger partial charge in [0.15, 0.2) is 0 Å². The Labute approximate surface area is 158 Å². The SMILES string of the molecule is COC(=O)C(C)Sc1ccccc1C(=O)Nc1ccc(SC(F)F)cc1. The standard InChI is InChI=1S/C18H17F2NO3S2/c1-11(17(23)24-2)25-15-6-4-3-5-14(15)16(22)21-12-7-9-13(10-8-12)26-18(19)20/h3-11,18H,1-2H3,(H,21,22). The van der Waals surface area contributed by atoms with Gasteiger partial charge >= 0.3 is 5.97 Å². The summed E-state index contributed by atoms with van der Waals surface area (Å²) in [6, 6.07) is 13.1. The molecule has 0 radical (unpaired) electrons. The number of thioether (sulfide) groups is 2. The number of carbonyl (C=O) groups excluding carboxylic acids is 2. The van der Waals surface area contributed by atoms with E-state index in [2.05, 4.69) is 5.32 Å². The lowest BCUT2D eigenvalue weighted by atomic mass is 10.2. The first-order valence-corrected chi connectivity index (χ1v) is 9.36. The topological polar surface area (TPSA) is 55.4 Å². The monoisotopic (exact) mass is 397 g/mol. The van der Waals surface area contributed by atoms with Crippen LogP contribution in [0.4, 0.5) is 14.5 Å². The zero-order chi connectivity index (χ0) is 19.1. The zero-order valence-corrected chi connectivity index (χ0v) is 15.7. The van der Waals surface area contributed by atoms with Crippen LogP contribution in [0.2, 0.25) is 0 Å². The minimum absolute atomic E-state index is 0.348. The molecule has 1 amide bonds. The predicted octanol–water partition coefficient (Wildman–Crippen LogP) is 4.91. The second kappa shape index (κ2) is 9.59. The van der Waals surface area contributed by atoms with Gasteiger partial charge in [0.2, 0.25) is 0 Å². The van der Waals surface area contributed by atoms with Crippen molar-refractivity contribution in [2.24, 2.45) is 0 Å². The van der Waals surface area contributed by atoms with Crippen molar-refractivity contribution in [3.05, 3.63) is 54.1 Å². The molecule has 0 aromatic heterocycles. The number of amides is 1. The van der Waals surface area contributed by atoms with E-state index < -0.39 is 11.0 Å². The van der Waals surface area contributed by atoms with Crippen LogP contribution in [0.1, 0.15) is 17.3 Å². The first kappa shape index (κ1) is 20.3. The second-order valence-corrected chi connectivity index (χ2v) is 7.58. The maximum atomic E-state index is 12.6. The Morgan fingerprint density at radius 3 is 2.31 bits per heavy atom. The van der Waals surface area contributed by atoms with Gasteiger partial charge in [0, 0.05) is 15.5 Å². The highest BCUT2D eigenvalue weighted by molar-refractivity contribution is 8.00. The summed E-state index contributed by atoms with van der Waals surface area (Å²) in [7, 11) is 1.31. The van der Waals surface area contributed by atoms with Crippen LogP contribution in [0.25, 0.3) is 0 Å². The van der Waals surface area contributed by atoms with Crippen molar-refractivity contribution in [1.29, 1.82) is 0 Å². The molecule has 26 heavy (non-hydrogen) atoms. The first-order chi connectivity index (χ1) is 12.4. The molecule has 4 nitrogen and oxygen atoms in total. The van der Waals surface area contributed by atoms with Gasteiger partial charge in [-0.1, -0.05) is 23.9 Å². The fourth-order valence-corrected chi connectivity index (χ4v) is 3.60. The summed E-state index contributed by atoms with van der Waals surface area (Å²) >= 11 is 1.67. The molecular formula is C18H17F2NO3S2. The summed E-state index contributed by atoms with van der Waals surface area (Å²) in [5.74, 6) is -3.21. The Morgan fingerprint density at radius 1 is 1.04 bits per heavy atom. The number of anilines is 1. The largest absolute Gasteiger partial charge is 0.468 e. The highest BCUT2D eigenvalue weighted by Gasteiger charge is 2.19. The number of ether oxygens (including phenoxy) is 1. The summed E-state index contributed by atoms with van der Waals surface area (Å²) in [5, 5.41) is 2.27. The van der Waals surface area contributed by atoms with Crippen molar-refractivity contribution in [3.63, 3.8) is 0 Å². The molecule has 0 spiro atoms. The normalized spacial score (nSPS) is 11.9. The van der Waals surface area contributed by atoms with E-state index in [0.29, 0.717) is 32.8 Å². The molecule has 0 heterocycles. The summed E-state index contributed by atoms with van der Waals surface area (Å²) in [5.41, 5.74) is 0.911. The molecule has 2 aromatic carbocycles. The van der Waals surface area contributed by atoms with E-state index in [1.54, 1.807) is 43.3 Å². The van der Waals surface area contributed by atoms with Gasteiger partial charge in [-0.2, -0.15) is 8.78 Å². The quantitative estimate of drug-likeness (QED) is 0.532. The summed E-state index contributed by atoms with van der Waals surface area (Å²) in [6.07, 6.45) is 0. The molecule has 8 heteroatoms. The first-order valence-electron chi connectivity index (χ1n) is 7.60. The van der Waals surface area contributed by atoms with Crippen LogP contribution >= 0.6 is 23.5 Å². The van der Waals surface area contributed by atoms with Crippen LogP contribution in [-0.4, -0.2) is 30.0 Å². The number of rotatable bonds is 7. The van der Waals surface area contributed by atoms with E-state index in [0.717, 1.165) is 0 Å². The molecule has 0 aliphatic rings. The Bertz CT molecular complexity index is 769. The number of benzene rings is 2. The van der Waals surface area contributed by atoms with E-state index in [1.807, 2.05) is 0 Å². The summed E-state index contributed by atoms with van der Waals surface area (Å²) in [4.78, 5) is 25.2. The van der Waals surface area contributed by atoms with Gasteiger partial charge in [-0.05, 0) is 43.3 Å². The zero-order valence-electron chi connectivity index (χ0n) is 14.1. The third kappa shape index (κ3) is 5.74. The maximum absolute atomic E-state index is 12.6. The molecule has 0 saturated heterocycles. The minimum Gasteiger partial charge on any atom is -0.468 e. The van der Waals surface area contributed by atoms with Gasteiger partial charge in [-0.3, -0.25) is 9.59 Å². The molecule has 1 unspecified atom stereocenters. The van der Waals surface area contributed by atoms with Crippen molar-refractivity contribution < 1.29 is 23.1 Å². The smallest absolute Gasteiger partial charge is 0.318 e. The van der Waals surface area contributed by atoms with Crippen molar-refractivity contribution in [1.82, 2.24) is 0 Å². The van der Waals surface area contributed by atoms with E-state index >= 15 is 0 Å². The Kier molecular flexibility index (Phi) is 7.47. The number of carbonyl (C=O) groups is 2. The number of halogens is 2. The van der Waals surface area contributed by atoms with Crippen LogP contribution in [0.5, 0.6) is 0 Å². The van der Waals surface area contributed by atoms with Crippen molar-refractivity contribution in [2.45, 2.75) is 27.7 Å². The molecular weight excluding hydrogens is 380 g/mol. The molecule has 1 atom stereocenters. The van der Waals surface area contributed by atoms with Crippen LogP contribution in [-0.2, 0) is 9.53 Å². The number of hydrogen-bond acceptors (Lipinski definition) is 5. The number of nitrogens with one attached hydrogen (secondary N) is 1. The van der Waals surface area contributed by atoms with Gasteiger partial charge in [0.1, 0.15) is 5.25 Å². The Balaban J connectivity index is 2.11. The van der Waals surface area contributed by atoms with Gasteiger partial charge in [0.05, 0.1) is 12.7 Å². The molecule has 2 rings (SSSR count). The summed E-state index contributed by atoms with van der Waals surface area (Å²) < 4.78 is 29.4. The third-order valence-corrected chi connectivity index (χ3v) is 5.18. The second-order valence-electron chi connectivity index (χ2n) is 5.14. The maximum Gasteiger partial charge on any atom is 0.318 e. The van der Waals surface area contributed by atoms with Crippen molar-refractivity contribution in [2.75, 3.05) is 12.4 Å². The molecule has 0 bridgehead atoms. The molecule has 0 aliphatic heterocycles. The van der Waals surface area contributed by atoms with E-state index in [9.17, 15) is 18.4 Å². The number of methoxy groups -OCH3 is 1. The number of alkyl halides is 2. The molecule has 0 fully saturated rings. The fraction of sp³-hybridized carbons (Fsp3) is 0.222. The minimum atomic E-state index is -2.49. The molecule has 0 saturated carbocycles. The molecule has 138 valence electrons. The lowest BCUT2D eigenvalue weighted by Gasteiger charge is -2.13. The van der Waals surface area contributed by atoms with Crippen LogP contribution < -0.4 is 5.32 Å². The van der Waals surface area contributed by atoms with Crippen LogP contribution in [0.3, 0.4) is 0 Å². The van der Waals surface area contributed by atoms with E-state index in [4.69, 9.17) is 4.74 Å². The Morgan fingerprint density at radius 2 is 1.69 bits per heavy atom. The van der Waals surface area contributed by atoms with Gasteiger partial charge in [-0.25, -0.2) is 0 Å². The number of esters is 1. The average Bonchev–Trinajstić information content (AvgIpc) is 2.62. The highest BCUT2D eigenvalue weighted by Crippen LogP contribution is 2.29. The Hall–Kier alpha value is -2.06. The highest BCUT2D eigenvalue weighted by atomic mass is 32.2. The third-order valence-electron chi connectivity index (χ3n) is 3.31. The number of hydrogen-bond donors (Lipinski definition) is 1. The van der Waals surface area contributed by atoms with E-state index in [-0.39, 0.29) is 11.9 Å². The van der Waals surface area contributed by atoms with Crippen LogP contribution in [0, 0.1) is 0 Å². The summed E-state index contributed by atoms with van der Waals surface area (Å²) in [6.45, 7) is 1.70. The lowest BCUT2D eigenvalue weighted by Crippen LogP contribution is -2.17. The van der Waals surface area contributed by atoms with Crippen molar-refractivity contribution >= 4 is 41.1 Å². The van der Waals surface area contributed by atoms with Gasteiger partial charge in [-0.15, -0.1) is 11.8 Å². The van der Waals surface area contributed by atoms with Crippen molar-refractivity contribution in [3.8, 4) is 0 Å². The predicted molar refractivity (Wildman–Crippen MR) is 100 cm³/mol. The molecule has 2 aromatic rings. The fourth-order valence-electron chi connectivity index (χ4n) is 2.08. The van der Waals surface area contributed by atoms with Gasteiger partial charge < -0.3 is 10.1 Å². The molecule has 1 N–H and O–H groups in total. The van der Waals surface area contributed by atoms with E-state index in [1.165, 1.54) is 31.0 Å².